The SMILES string of the molecule is O=C(c1ccc(OCC(F)(F)F)nc1)N1CCN(C(=O)c2ccccc2F)CC1. The number of aromatic nitrogens is 1. The highest BCUT2D eigenvalue weighted by Crippen LogP contribution is 2.18. The maximum Gasteiger partial charge on any atom is 0.422 e. The molecular formula is C19H17F4N3O3. The molecule has 0 spiro atoms. The number of carbonyl (C=O) groups excluding carboxylic acids is 2. The first-order valence-corrected chi connectivity index (χ1v) is 8.73. The van der Waals surface area contributed by atoms with E-state index in [2.05, 4.69) is 9.72 Å². The number of carbonyl (C=O) groups is 2. The molecule has 0 unspecified atom stereocenters. The number of nitrogens with zero attached hydrogens (tertiary/aromatic N) is 3. The molecule has 0 saturated carbocycles. The van der Waals surface area contributed by atoms with Crippen LogP contribution in [0.4, 0.5) is 17.6 Å². The summed E-state index contributed by atoms with van der Waals surface area (Å²) in [5.41, 5.74) is 0.171. The smallest absolute Gasteiger partial charge is 0.422 e. The Morgan fingerprint density at radius 3 is 2.14 bits per heavy atom. The lowest BCUT2D eigenvalue weighted by Gasteiger charge is -2.34. The lowest BCUT2D eigenvalue weighted by Crippen LogP contribution is -2.50. The van der Waals surface area contributed by atoms with E-state index in [0.717, 1.165) is 6.20 Å². The van der Waals surface area contributed by atoms with Crippen molar-refractivity contribution in [2.75, 3.05) is 32.8 Å². The summed E-state index contributed by atoms with van der Waals surface area (Å²) in [4.78, 5) is 31.6. The molecule has 3 rings (SSSR count). The lowest BCUT2D eigenvalue weighted by molar-refractivity contribution is -0.154. The fourth-order valence-corrected chi connectivity index (χ4v) is 2.85. The van der Waals surface area contributed by atoms with Crippen molar-refractivity contribution >= 4 is 11.8 Å². The molecule has 1 saturated heterocycles. The van der Waals surface area contributed by atoms with Crippen LogP contribution in [0.3, 0.4) is 0 Å². The second-order valence-corrected chi connectivity index (χ2v) is 6.35. The molecule has 0 radical (unpaired) electrons. The zero-order valence-corrected chi connectivity index (χ0v) is 15.2. The molecule has 0 N–H and O–H groups in total. The zero-order valence-electron chi connectivity index (χ0n) is 15.2. The van der Waals surface area contributed by atoms with Crippen LogP contribution in [0.5, 0.6) is 5.88 Å². The Kier molecular flexibility index (Phi) is 6.00. The van der Waals surface area contributed by atoms with Gasteiger partial charge in [-0.25, -0.2) is 9.37 Å². The van der Waals surface area contributed by atoms with Crippen molar-refractivity contribution in [2.24, 2.45) is 0 Å². The topological polar surface area (TPSA) is 62.7 Å². The monoisotopic (exact) mass is 411 g/mol. The van der Waals surface area contributed by atoms with E-state index < -0.39 is 24.5 Å². The molecule has 2 aromatic rings. The molecule has 29 heavy (non-hydrogen) atoms. The summed E-state index contributed by atoms with van der Waals surface area (Å²) < 4.78 is 54.7. The summed E-state index contributed by atoms with van der Waals surface area (Å²) in [5, 5.41) is 0. The van der Waals surface area contributed by atoms with Crippen molar-refractivity contribution in [2.45, 2.75) is 6.18 Å². The largest absolute Gasteiger partial charge is 0.468 e. The van der Waals surface area contributed by atoms with Crippen molar-refractivity contribution in [1.82, 2.24) is 14.8 Å². The van der Waals surface area contributed by atoms with Gasteiger partial charge < -0.3 is 14.5 Å². The molecule has 1 aliphatic heterocycles. The predicted molar refractivity (Wildman–Crippen MR) is 94.0 cm³/mol. The number of hydrogen-bond acceptors (Lipinski definition) is 4. The zero-order chi connectivity index (χ0) is 21.0. The molecule has 1 aliphatic rings. The quantitative estimate of drug-likeness (QED) is 0.726. The van der Waals surface area contributed by atoms with Gasteiger partial charge in [-0.2, -0.15) is 13.2 Å². The molecule has 154 valence electrons. The number of rotatable bonds is 4. The van der Waals surface area contributed by atoms with E-state index >= 15 is 0 Å². The molecule has 0 aliphatic carbocycles. The van der Waals surface area contributed by atoms with E-state index in [0.29, 0.717) is 0 Å². The summed E-state index contributed by atoms with van der Waals surface area (Å²) in [6.45, 7) is -0.514. The van der Waals surface area contributed by atoms with Gasteiger partial charge in [-0.05, 0) is 18.2 Å². The van der Waals surface area contributed by atoms with E-state index in [1.807, 2.05) is 0 Å². The van der Waals surface area contributed by atoms with Gasteiger partial charge in [0.2, 0.25) is 5.88 Å². The summed E-state index contributed by atoms with van der Waals surface area (Å²) >= 11 is 0. The average Bonchev–Trinajstić information content (AvgIpc) is 2.71. The molecule has 1 aromatic heterocycles. The highest BCUT2D eigenvalue weighted by Gasteiger charge is 2.29. The third-order valence-electron chi connectivity index (χ3n) is 4.33. The van der Waals surface area contributed by atoms with E-state index in [4.69, 9.17) is 0 Å². The van der Waals surface area contributed by atoms with Crippen LogP contribution in [0.2, 0.25) is 0 Å². The van der Waals surface area contributed by atoms with Gasteiger partial charge in [0.25, 0.3) is 11.8 Å². The minimum atomic E-state index is -4.48. The van der Waals surface area contributed by atoms with Crippen molar-refractivity contribution < 1.29 is 31.9 Å². The third-order valence-corrected chi connectivity index (χ3v) is 4.33. The van der Waals surface area contributed by atoms with Gasteiger partial charge in [0, 0.05) is 38.4 Å². The van der Waals surface area contributed by atoms with Crippen LogP contribution in [0.1, 0.15) is 20.7 Å². The lowest BCUT2D eigenvalue weighted by atomic mass is 10.1. The molecule has 6 nitrogen and oxygen atoms in total. The minimum absolute atomic E-state index is 0.0223. The summed E-state index contributed by atoms with van der Waals surface area (Å²) in [7, 11) is 0. The Morgan fingerprint density at radius 2 is 1.59 bits per heavy atom. The van der Waals surface area contributed by atoms with Crippen LogP contribution in [-0.4, -0.2) is 65.6 Å². The Hall–Kier alpha value is -3.17. The van der Waals surface area contributed by atoms with Crippen LogP contribution >= 0.6 is 0 Å². The first-order chi connectivity index (χ1) is 13.7. The standard InChI is InChI=1S/C19H17F4N3O3/c20-15-4-2-1-3-14(15)18(28)26-9-7-25(8-10-26)17(27)13-5-6-16(24-11-13)29-12-19(21,22)23/h1-6,11H,7-10,12H2. The molecule has 2 heterocycles. The van der Waals surface area contributed by atoms with Crippen LogP contribution < -0.4 is 4.74 Å². The molecular weight excluding hydrogens is 394 g/mol. The predicted octanol–water partition coefficient (Wildman–Crippen LogP) is 2.76. The van der Waals surface area contributed by atoms with Gasteiger partial charge in [0.15, 0.2) is 6.61 Å². The number of hydrogen-bond donors (Lipinski definition) is 0. The molecule has 1 aromatic carbocycles. The maximum atomic E-state index is 13.8. The second kappa shape index (κ2) is 8.46. The van der Waals surface area contributed by atoms with Gasteiger partial charge in [-0.15, -0.1) is 0 Å². The normalized spacial score (nSPS) is 14.6. The summed E-state index contributed by atoms with van der Waals surface area (Å²) in [6.07, 6.45) is -3.33. The van der Waals surface area contributed by atoms with E-state index in [-0.39, 0.29) is 49.1 Å². The Morgan fingerprint density at radius 1 is 0.966 bits per heavy atom. The van der Waals surface area contributed by atoms with Crippen molar-refractivity contribution in [3.63, 3.8) is 0 Å². The van der Waals surface area contributed by atoms with Gasteiger partial charge in [-0.3, -0.25) is 9.59 Å². The van der Waals surface area contributed by atoms with E-state index in [1.165, 1.54) is 40.1 Å². The number of pyridine rings is 1. The highest BCUT2D eigenvalue weighted by atomic mass is 19.4. The van der Waals surface area contributed by atoms with Crippen LogP contribution in [0.25, 0.3) is 0 Å². The van der Waals surface area contributed by atoms with Crippen molar-refractivity contribution in [1.29, 1.82) is 0 Å². The molecule has 0 bridgehead atoms. The molecule has 1 fully saturated rings. The molecule has 0 atom stereocenters. The first kappa shape index (κ1) is 20.6. The number of ether oxygens (including phenoxy) is 1. The van der Waals surface area contributed by atoms with Gasteiger partial charge in [0.05, 0.1) is 11.1 Å². The number of amides is 2. The van der Waals surface area contributed by atoms with Gasteiger partial charge in [-0.1, -0.05) is 12.1 Å². The maximum absolute atomic E-state index is 13.8. The van der Waals surface area contributed by atoms with Crippen LogP contribution in [0.15, 0.2) is 42.6 Å². The number of alkyl halides is 3. The summed E-state index contributed by atoms with van der Waals surface area (Å²) in [6, 6.07) is 8.21. The van der Waals surface area contributed by atoms with Gasteiger partial charge in [0.1, 0.15) is 5.82 Å². The Balaban J connectivity index is 1.56. The average molecular weight is 411 g/mol. The fraction of sp³-hybridized carbons (Fsp3) is 0.316. The molecule has 2 amide bonds. The first-order valence-electron chi connectivity index (χ1n) is 8.73. The summed E-state index contributed by atoms with van der Waals surface area (Å²) in [5.74, 6) is -1.64. The Labute approximate surface area is 163 Å². The van der Waals surface area contributed by atoms with E-state index in [1.54, 1.807) is 6.07 Å². The van der Waals surface area contributed by atoms with Crippen molar-refractivity contribution in [3.8, 4) is 5.88 Å². The van der Waals surface area contributed by atoms with Crippen LogP contribution in [0, 0.1) is 5.82 Å². The number of piperazine rings is 1. The second-order valence-electron chi connectivity index (χ2n) is 6.35. The Bertz CT molecular complexity index is 879. The minimum Gasteiger partial charge on any atom is -0.468 e. The van der Waals surface area contributed by atoms with E-state index in [9.17, 15) is 27.2 Å². The van der Waals surface area contributed by atoms with Gasteiger partial charge >= 0.3 is 6.18 Å². The number of halogens is 4. The van der Waals surface area contributed by atoms with Crippen LogP contribution in [-0.2, 0) is 0 Å². The molecule has 10 heteroatoms. The fourth-order valence-electron chi connectivity index (χ4n) is 2.85. The highest BCUT2D eigenvalue weighted by molar-refractivity contribution is 5.96. The van der Waals surface area contributed by atoms with Crippen molar-refractivity contribution in [3.05, 3.63) is 59.5 Å². The third kappa shape index (κ3) is 5.21. The number of benzene rings is 1.